The summed E-state index contributed by atoms with van der Waals surface area (Å²) in [6, 6.07) is 9.54. The number of amides is 1. The summed E-state index contributed by atoms with van der Waals surface area (Å²) in [7, 11) is 0. The van der Waals surface area contributed by atoms with Crippen LogP contribution >= 0.6 is 11.6 Å². The van der Waals surface area contributed by atoms with E-state index in [0.717, 1.165) is 5.56 Å². The number of ether oxygens (including phenoxy) is 1. The molecular weight excluding hydrogens is 280 g/mol. The van der Waals surface area contributed by atoms with Gasteiger partial charge in [0, 0.05) is 5.56 Å². The average Bonchev–Trinajstić information content (AvgIpc) is 2.82. The van der Waals surface area contributed by atoms with Gasteiger partial charge in [0.2, 0.25) is 0 Å². The smallest absolute Gasteiger partial charge is 0.427 e. The zero-order chi connectivity index (χ0) is 14.4. The zero-order valence-electron chi connectivity index (χ0n) is 10.8. The van der Waals surface area contributed by atoms with E-state index in [1.165, 1.54) is 6.21 Å². The number of hydrogen-bond acceptors (Lipinski definition) is 4. The van der Waals surface area contributed by atoms with Gasteiger partial charge in [0.1, 0.15) is 16.7 Å². The van der Waals surface area contributed by atoms with Gasteiger partial charge in [-0.05, 0) is 6.92 Å². The van der Waals surface area contributed by atoms with Gasteiger partial charge in [0.15, 0.2) is 0 Å². The third-order valence-corrected chi connectivity index (χ3v) is 2.64. The number of carbonyl (C=O) groups excluding carboxylic acids is 1. The van der Waals surface area contributed by atoms with Gasteiger partial charge in [0.25, 0.3) is 0 Å². The molecule has 2 aromatic rings. The van der Waals surface area contributed by atoms with Crippen molar-refractivity contribution in [2.24, 2.45) is 5.10 Å². The van der Waals surface area contributed by atoms with E-state index in [2.05, 4.69) is 25.2 Å². The van der Waals surface area contributed by atoms with Crippen molar-refractivity contribution in [1.29, 1.82) is 0 Å². The molecule has 0 saturated carbocycles. The van der Waals surface area contributed by atoms with Crippen molar-refractivity contribution >= 4 is 23.9 Å². The molecule has 1 heterocycles. The number of aromatic amines is 1. The van der Waals surface area contributed by atoms with Crippen molar-refractivity contribution in [2.45, 2.75) is 6.92 Å². The molecule has 0 radical (unpaired) electrons. The molecular formula is C13H13ClN4O2. The highest BCUT2D eigenvalue weighted by Gasteiger charge is 2.08. The Morgan fingerprint density at radius 1 is 1.50 bits per heavy atom. The van der Waals surface area contributed by atoms with Gasteiger partial charge >= 0.3 is 6.09 Å². The molecule has 104 valence electrons. The van der Waals surface area contributed by atoms with Gasteiger partial charge < -0.3 is 9.72 Å². The van der Waals surface area contributed by atoms with Gasteiger partial charge in [-0.3, -0.25) is 0 Å². The molecule has 0 aliphatic rings. The first-order valence-electron chi connectivity index (χ1n) is 5.97. The lowest BCUT2D eigenvalue weighted by molar-refractivity contribution is 0.152. The SMILES string of the molecule is CCOC(=O)N/N=C\c1nc(-c2ccccc2)[nH]c1Cl. The highest BCUT2D eigenvalue weighted by Crippen LogP contribution is 2.19. The molecule has 2 rings (SSSR count). The molecule has 1 amide bonds. The van der Waals surface area contributed by atoms with E-state index in [0.29, 0.717) is 16.7 Å². The maximum atomic E-state index is 11.0. The molecule has 7 heteroatoms. The van der Waals surface area contributed by atoms with E-state index >= 15 is 0 Å². The van der Waals surface area contributed by atoms with Gasteiger partial charge in [-0.25, -0.2) is 15.2 Å². The number of nitrogens with zero attached hydrogens (tertiary/aromatic N) is 2. The second kappa shape index (κ2) is 6.72. The van der Waals surface area contributed by atoms with Crippen LogP contribution in [-0.4, -0.2) is 28.9 Å². The molecule has 20 heavy (non-hydrogen) atoms. The van der Waals surface area contributed by atoms with Crippen molar-refractivity contribution in [2.75, 3.05) is 6.61 Å². The minimum atomic E-state index is -0.626. The maximum Gasteiger partial charge on any atom is 0.427 e. The number of carbonyl (C=O) groups is 1. The predicted molar refractivity (Wildman–Crippen MR) is 76.8 cm³/mol. The molecule has 1 aromatic heterocycles. The molecule has 0 aliphatic carbocycles. The summed E-state index contributed by atoms with van der Waals surface area (Å²) in [5, 5.41) is 4.06. The standard InChI is InChI=1S/C13H13ClN4O2/c1-2-20-13(19)18-15-8-10-11(14)17-12(16-10)9-6-4-3-5-7-9/h3-8H,2H2,1H3,(H,16,17)(H,18,19)/b15-8-. The molecule has 0 aliphatic heterocycles. The fourth-order valence-corrected chi connectivity index (χ4v) is 1.67. The second-order valence-corrected chi connectivity index (χ2v) is 4.12. The topological polar surface area (TPSA) is 79.4 Å². The van der Waals surface area contributed by atoms with E-state index in [-0.39, 0.29) is 6.61 Å². The molecule has 0 spiro atoms. The number of imidazole rings is 1. The average molecular weight is 293 g/mol. The van der Waals surface area contributed by atoms with Crippen molar-refractivity contribution < 1.29 is 9.53 Å². The Bertz CT molecular complexity index is 610. The number of benzene rings is 1. The summed E-state index contributed by atoms with van der Waals surface area (Å²) in [5.74, 6) is 0.633. The molecule has 6 nitrogen and oxygen atoms in total. The normalized spacial score (nSPS) is 10.7. The third-order valence-electron chi connectivity index (χ3n) is 2.35. The molecule has 0 unspecified atom stereocenters. The maximum absolute atomic E-state index is 11.0. The molecule has 0 atom stereocenters. The largest absolute Gasteiger partial charge is 0.449 e. The van der Waals surface area contributed by atoms with Gasteiger partial charge in [-0.15, -0.1) is 0 Å². The Morgan fingerprint density at radius 2 is 2.25 bits per heavy atom. The van der Waals surface area contributed by atoms with Crippen LogP contribution in [0, 0.1) is 0 Å². The Balaban J connectivity index is 2.08. The quantitative estimate of drug-likeness (QED) is 0.672. The van der Waals surface area contributed by atoms with Crippen LogP contribution in [0.25, 0.3) is 11.4 Å². The minimum Gasteiger partial charge on any atom is -0.449 e. The van der Waals surface area contributed by atoms with Crippen LogP contribution in [-0.2, 0) is 4.74 Å². The summed E-state index contributed by atoms with van der Waals surface area (Å²) in [6.45, 7) is 1.99. The first kappa shape index (κ1) is 14.1. The summed E-state index contributed by atoms with van der Waals surface area (Å²) in [5.41, 5.74) is 3.55. The van der Waals surface area contributed by atoms with Crippen LogP contribution in [0.3, 0.4) is 0 Å². The Morgan fingerprint density at radius 3 is 2.95 bits per heavy atom. The molecule has 0 fully saturated rings. The van der Waals surface area contributed by atoms with Crippen molar-refractivity contribution in [3.05, 3.63) is 41.2 Å². The van der Waals surface area contributed by atoms with Crippen LogP contribution < -0.4 is 5.43 Å². The second-order valence-electron chi connectivity index (χ2n) is 3.74. The lowest BCUT2D eigenvalue weighted by Gasteiger charge is -1.97. The lowest BCUT2D eigenvalue weighted by Crippen LogP contribution is -2.18. The fraction of sp³-hybridized carbons (Fsp3) is 0.154. The number of rotatable bonds is 4. The summed E-state index contributed by atoms with van der Waals surface area (Å²) in [6.07, 6.45) is 0.723. The van der Waals surface area contributed by atoms with E-state index < -0.39 is 6.09 Å². The Hall–Kier alpha value is -2.34. The van der Waals surface area contributed by atoms with E-state index in [1.54, 1.807) is 6.92 Å². The van der Waals surface area contributed by atoms with Crippen molar-refractivity contribution in [3.8, 4) is 11.4 Å². The van der Waals surface area contributed by atoms with Crippen LogP contribution in [0.5, 0.6) is 0 Å². The summed E-state index contributed by atoms with van der Waals surface area (Å²) in [4.78, 5) is 18.3. The van der Waals surface area contributed by atoms with Crippen LogP contribution in [0.2, 0.25) is 5.15 Å². The van der Waals surface area contributed by atoms with Gasteiger partial charge in [-0.1, -0.05) is 41.9 Å². The Kier molecular flexibility index (Phi) is 4.73. The van der Waals surface area contributed by atoms with E-state index in [9.17, 15) is 4.79 Å². The van der Waals surface area contributed by atoms with E-state index in [4.69, 9.17) is 11.6 Å². The highest BCUT2D eigenvalue weighted by molar-refractivity contribution is 6.31. The van der Waals surface area contributed by atoms with Crippen LogP contribution in [0.4, 0.5) is 4.79 Å². The zero-order valence-corrected chi connectivity index (χ0v) is 11.5. The third kappa shape index (κ3) is 3.58. The fourth-order valence-electron chi connectivity index (χ4n) is 1.49. The molecule has 1 aromatic carbocycles. The number of hydrazone groups is 1. The summed E-state index contributed by atoms with van der Waals surface area (Å²) < 4.78 is 4.66. The molecule has 2 N–H and O–H groups in total. The van der Waals surface area contributed by atoms with Gasteiger partial charge in [0.05, 0.1) is 12.8 Å². The number of nitrogens with one attached hydrogen (secondary N) is 2. The lowest BCUT2D eigenvalue weighted by atomic mass is 10.2. The number of halogens is 1. The number of H-pyrrole nitrogens is 1. The number of hydrogen-bond donors (Lipinski definition) is 2. The first-order chi connectivity index (χ1) is 9.70. The van der Waals surface area contributed by atoms with Crippen molar-refractivity contribution in [1.82, 2.24) is 15.4 Å². The predicted octanol–water partition coefficient (Wildman–Crippen LogP) is 2.81. The van der Waals surface area contributed by atoms with Crippen LogP contribution in [0.1, 0.15) is 12.6 Å². The van der Waals surface area contributed by atoms with Crippen molar-refractivity contribution in [3.63, 3.8) is 0 Å². The molecule has 0 bridgehead atoms. The monoisotopic (exact) mass is 292 g/mol. The first-order valence-corrected chi connectivity index (χ1v) is 6.35. The number of aromatic nitrogens is 2. The summed E-state index contributed by atoms with van der Waals surface area (Å²) >= 11 is 6.02. The highest BCUT2D eigenvalue weighted by atomic mass is 35.5. The Labute approximate surface area is 120 Å². The molecule has 0 saturated heterocycles. The van der Waals surface area contributed by atoms with Gasteiger partial charge in [-0.2, -0.15) is 5.10 Å². The van der Waals surface area contributed by atoms with E-state index in [1.807, 2.05) is 30.3 Å². The minimum absolute atomic E-state index is 0.280. The van der Waals surface area contributed by atoms with Crippen LogP contribution in [0.15, 0.2) is 35.4 Å².